The van der Waals surface area contributed by atoms with E-state index in [2.05, 4.69) is 5.10 Å². The average Bonchev–Trinajstić information content (AvgIpc) is 2.65. The molecule has 0 bridgehead atoms. The van der Waals surface area contributed by atoms with Crippen LogP contribution >= 0.6 is 0 Å². The van der Waals surface area contributed by atoms with Crippen LogP contribution in [0.2, 0.25) is 0 Å². The summed E-state index contributed by atoms with van der Waals surface area (Å²) in [4.78, 5) is 19.8. The minimum atomic E-state index is -4.02. The van der Waals surface area contributed by atoms with E-state index >= 15 is 0 Å². The second-order valence-electron chi connectivity index (χ2n) is 5.43. The molecule has 0 saturated heterocycles. The number of hydroxylamine groups is 1. The number of nitrogens with two attached hydrogens (primary N) is 1. The molecule has 30 heavy (non-hydrogen) atoms. The molecule has 160 valence electrons. The summed E-state index contributed by atoms with van der Waals surface area (Å²) in [5.74, 6) is -0.850. The second kappa shape index (κ2) is 10.0. The van der Waals surface area contributed by atoms with Crippen LogP contribution < -0.4 is 5.73 Å². The van der Waals surface area contributed by atoms with Crippen LogP contribution in [-0.4, -0.2) is 45.4 Å². The van der Waals surface area contributed by atoms with Gasteiger partial charge in [-0.2, -0.15) is 13.5 Å². The molecule has 0 aliphatic heterocycles. The van der Waals surface area contributed by atoms with Crippen molar-refractivity contribution in [3.63, 3.8) is 0 Å². The Labute approximate surface area is 169 Å². The smallest absolute Gasteiger partial charge is 0.294 e. The van der Waals surface area contributed by atoms with Crippen molar-refractivity contribution in [2.75, 3.05) is 0 Å². The van der Waals surface area contributed by atoms with Crippen molar-refractivity contribution in [1.82, 2.24) is 5.17 Å². The maximum absolute atomic E-state index is 10.8. The molecule has 0 fully saturated rings. The summed E-state index contributed by atoms with van der Waals surface area (Å²) in [6, 6.07) is 9.23. The van der Waals surface area contributed by atoms with Crippen LogP contribution in [0.4, 0.5) is 11.4 Å². The molecule has 0 spiro atoms. The Morgan fingerprint density at radius 1 is 1.13 bits per heavy atom. The van der Waals surface area contributed by atoms with Gasteiger partial charge in [0.15, 0.2) is 0 Å². The first-order chi connectivity index (χ1) is 13.8. The number of hydrogen-bond acceptors (Lipinski definition) is 9. The van der Waals surface area contributed by atoms with E-state index in [1.807, 2.05) is 6.92 Å². The molecule has 0 aromatic heterocycles. The van der Waals surface area contributed by atoms with Gasteiger partial charge in [0, 0.05) is 12.1 Å². The third-order valence-electron chi connectivity index (χ3n) is 3.28. The Morgan fingerprint density at radius 2 is 1.60 bits per heavy atom. The molecular weight excluding hydrogens is 424 g/mol. The molecule has 14 nitrogen and oxygen atoms in total. The Hall–Kier alpha value is -3.95. The highest BCUT2D eigenvalue weighted by Gasteiger charge is 2.23. The van der Waals surface area contributed by atoms with Crippen LogP contribution in [0, 0.1) is 32.6 Å². The number of nitro benzene ring substituents is 2. The number of benzene rings is 2. The fourth-order valence-corrected chi connectivity index (χ4v) is 2.36. The molecule has 0 radical (unpaired) electrons. The van der Waals surface area contributed by atoms with Gasteiger partial charge in [-0.1, -0.05) is 17.7 Å². The van der Waals surface area contributed by atoms with Crippen molar-refractivity contribution in [1.29, 1.82) is 5.41 Å². The summed E-state index contributed by atoms with van der Waals surface area (Å²) in [5.41, 5.74) is 4.29. The number of nitrogens with zero attached hydrogens (tertiary/aromatic N) is 4. The number of hydrogen-bond donors (Lipinski definition) is 4. The van der Waals surface area contributed by atoms with Crippen LogP contribution in [0.3, 0.4) is 0 Å². The fourth-order valence-electron chi connectivity index (χ4n) is 1.88. The van der Waals surface area contributed by atoms with E-state index in [1.54, 1.807) is 12.1 Å². The summed E-state index contributed by atoms with van der Waals surface area (Å²) < 4.78 is 29.6. The van der Waals surface area contributed by atoms with Gasteiger partial charge in [0.1, 0.15) is 5.56 Å². The zero-order chi connectivity index (χ0) is 23.1. The van der Waals surface area contributed by atoms with Gasteiger partial charge in [-0.25, -0.2) is 0 Å². The lowest BCUT2D eigenvalue weighted by Gasteiger charge is -2.05. The Morgan fingerprint density at radius 3 is 1.97 bits per heavy atom. The molecule has 2 aromatic rings. The molecule has 0 amide bonds. The molecule has 2 rings (SSSR count). The van der Waals surface area contributed by atoms with Crippen LogP contribution in [0.15, 0.2) is 52.5 Å². The minimum absolute atomic E-state index is 0.0666. The monoisotopic (exact) mass is 440 g/mol. The molecule has 15 heteroatoms. The first kappa shape index (κ1) is 24.1. The summed E-state index contributed by atoms with van der Waals surface area (Å²) in [5, 5.41) is 40.4. The highest BCUT2D eigenvalue weighted by atomic mass is 32.2. The van der Waals surface area contributed by atoms with Crippen molar-refractivity contribution in [3.05, 3.63) is 73.8 Å². The predicted molar refractivity (Wildman–Crippen MR) is 104 cm³/mol. The van der Waals surface area contributed by atoms with Gasteiger partial charge in [-0.05, 0) is 25.1 Å². The van der Waals surface area contributed by atoms with Gasteiger partial charge in [0.05, 0.1) is 21.0 Å². The van der Waals surface area contributed by atoms with E-state index in [0.717, 1.165) is 23.8 Å². The van der Waals surface area contributed by atoms with Crippen molar-refractivity contribution >= 4 is 33.7 Å². The number of rotatable bonds is 5. The average molecular weight is 440 g/mol. The lowest BCUT2D eigenvalue weighted by atomic mass is 10.1. The predicted octanol–water partition coefficient (Wildman–Crippen LogP) is 1.66. The van der Waals surface area contributed by atoms with Crippen LogP contribution in [0.1, 0.15) is 11.1 Å². The maximum atomic E-state index is 10.8. The summed E-state index contributed by atoms with van der Waals surface area (Å²) in [7, 11) is -4.02. The maximum Gasteiger partial charge on any atom is 0.294 e. The summed E-state index contributed by atoms with van der Waals surface area (Å²) in [6.07, 6.45) is 0.678. The van der Waals surface area contributed by atoms with Gasteiger partial charge >= 0.3 is 0 Å². The van der Waals surface area contributed by atoms with Gasteiger partial charge in [0.25, 0.3) is 21.5 Å². The van der Waals surface area contributed by atoms with E-state index < -0.39 is 42.9 Å². The van der Waals surface area contributed by atoms with Crippen LogP contribution in [0.25, 0.3) is 0 Å². The van der Waals surface area contributed by atoms with E-state index in [9.17, 15) is 28.6 Å². The summed E-state index contributed by atoms with van der Waals surface area (Å²) >= 11 is 0. The zero-order valence-corrected chi connectivity index (χ0v) is 16.1. The molecular formula is C15H16N6O8S. The highest BCUT2D eigenvalue weighted by Crippen LogP contribution is 2.26. The molecule has 0 heterocycles. The molecule has 0 aliphatic carbocycles. The minimum Gasteiger partial charge on any atom is -0.367 e. The third-order valence-corrected chi connectivity index (χ3v) is 4.15. The first-order valence-corrected chi connectivity index (χ1v) is 9.11. The zero-order valence-electron chi connectivity index (χ0n) is 15.2. The van der Waals surface area contributed by atoms with E-state index in [1.165, 1.54) is 12.1 Å². The largest absolute Gasteiger partial charge is 0.367 e. The first-order valence-electron chi connectivity index (χ1n) is 7.67. The van der Waals surface area contributed by atoms with Crippen LogP contribution in [0.5, 0.6) is 0 Å². The Balaban J connectivity index is 0.000000346. The molecule has 2 aromatic carbocycles. The Bertz CT molecular complexity index is 1050. The number of hydrazone groups is 1. The Kier molecular flexibility index (Phi) is 8.04. The highest BCUT2D eigenvalue weighted by molar-refractivity contribution is 7.85. The second-order valence-corrected chi connectivity index (χ2v) is 6.85. The standard InChI is InChI=1S/C8H8N6O5.C7H8O3S/c9-8(10)12(15)11-4-5-6(13(16)17)2-1-3-7(5)14(18)19;1-6-2-4-7(5-3-6)11(8,9)10/h1-4,15H,(H3,9,10);2-5H,1H3,(H,8,9,10). The van der Waals surface area contributed by atoms with Gasteiger partial charge in [-0.15, -0.1) is 5.17 Å². The van der Waals surface area contributed by atoms with Gasteiger partial charge in [-0.3, -0.25) is 35.4 Å². The van der Waals surface area contributed by atoms with Crippen molar-refractivity contribution in [2.24, 2.45) is 10.8 Å². The fraction of sp³-hybridized carbons (Fsp3) is 0.0667. The third kappa shape index (κ3) is 6.89. The molecule has 0 saturated carbocycles. The van der Waals surface area contributed by atoms with Gasteiger partial charge in [0.2, 0.25) is 5.96 Å². The van der Waals surface area contributed by atoms with Crippen molar-refractivity contribution < 1.29 is 28.0 Å². The number of guanidine groups is 1. The lowest BCUT2D eigenvalue weighted by Crippen LogP contribution is -2.29. The van der Waals surface area contributed by atoms with E-state index in [0.29, 0.717) is 6.21 Å². The molecule has 0 unspecified atom stereocenters. The normalized spacial score (nSPS) is 10.8. The molecule has 5 N–H and O–H groups in total. The summed E-state index contributed by atoms with van der Waals surface area (Å²) in [6.45, 7) is 1.84. The number of nitrogens with one attached hydrogen (secondary N) is 1. The number of nitro groups is 2. The topological polar surface area (TPSA) is 226 Å². The molecule has 0 atom stereocenters. The van der Waals surface area contributed by atoms with Crippen LogP contribution in [-0.2, 0) is 10.1 Å². The van der Waals surface area contributed by atoms with E-state index in [4.69, 9.17) is 20.9 Å². The van der Waals surface area contributed by atoms with Crippen molar-refractivity contribution in [3.8, 4) is 0 Å². The molecule has 0 aliphatic rings. The van der Waals surface area contributed by atoms with E-state index in [-0.39, 0.29) is 10.1 Å². The SMILES string of the molecule is Cc1ccc(S(=O)(=O)O)cc1.N=C(N)N(O)N=Cc1c([N+](=O)[O-])cccc1[N+](=O)[O-]. The van der Waals surface area contributed by atoms with Gasteiger partial charge < -0.3 is 5.73 Å². The quantitative estimate of drug-likeness (QED) is 0.173. The lowest BCUT2D eigenvalue weighted by molar-refractivity contribution is -0.394. The van der Waals surface area contributed by atoms with Crippen molar-refractivity contribution in [2.45, 2.75) is 11.8 Å². The number of aryl methyl sites for hydroxylation is 1.